The zero-order valence-electron chi connectivity index (χ0n) is 19.4. The van der Waals surface area contributed by atoms with E-state index < -0.39 is 72.6 Å². The molecular weight excluding hydrogens is 452 g/mol. The summed E-state index contributed by atoms with van der Waals surface area (Å²) in [5, 5.41) is 25.0. The Hall–Kier alpha value is -3.26. The quantitative estimate of drug-likeness (QED) is 0.0988. The van der Waals surface area contributed by atoms with E-state index in [1.165, 1.54) is 0 Å². The van der Waals surface area contributed by atoms with Crippen LogP contribution in [0, 0.1) is 5.92 Å². The third kappa shape index (κ3) is 11.6. The molecule has 4 amide bonds. The Labute approximate surface area is 197 Å². The van der Waals surface area contributed by atoms with Crippen molar-refractivity contribution >= 4 is 35.6 Å². The first kappa shape index (κ1) is 30.7. The predicted octanol–water partition coefficient (Wildman–Crippen LogP) is -2.62. The molecule has 0 saturated carbocycles. The molecule has 11 N–H and O–H groups in total. The molecule has 0 aromatic carbocycles. The van der Waals surface area contributed by atoms with Crippen LogP contribution in [0.5, 0.6) is 0 Å². The molecule has 0 aromatic rings. The van der Waals surface area contributed by atoms with Crippen LogP contribution in [0.2, 0.25) is 0 Å². The third-order valence-corrected chi connectivity index (χ3v) is 5.17. The summed E-state index contributed by atoms with van der Waals surface area (Å²) in [5.41, 5.74) is 16.4. The van der Waals surface area contributed by atoms with E-state index in [0.29, 0.717) is 25.8 Å². The molecule has 0 aliphatic heterocycles. The molecule has 5 atom stereocenters. The summed E-state index contributed by atoms with van der Waals surface area (Å²) in [6, 6.07) is -5.43. The van der Waals surface area contributed by atoms with Crippen molar-refractivity contribution < 1.29 is 39.0 Å². The van der Waals surface area contributed by atoms with Gasteiger partial charge in [0.1, 0.15) is 18.1 Å². The minimum absolute atomic E-state index is 0.142. The number of carbonyl (C=O) groups is 6. The monoisotopic (exact) mass is 488 g/mol. The number of aliphatic carboxylic acids is 2. The van der Waals surface area contributed by atoms with Crippen LogP contribution < -0.4 is 33.2 Å². The van der Waals surface area contributed by atoms with E-state index in [-0.39, 0.29) is 12.3 Å². The summed E-state index contributed by atoms with van der Waals surface area (Å²) in [6.45, 7) is 3.96. The smallest absolute Gasteiger partial charge is 0.326 e. The molecular formula is C20H36N6O8. The van der Waals surface area contributed by atoms with Crippen LogP contribution in [0.3, 0.4) is 0 Å². The van der Waals surface area contributed by atoms with Gasteiger partial charge in [-0.2, -0.15) is 0 Å². The number of hydrogen-bond donors (Lipinski definition) is 8. The number of primary amides is 1. The number of hydrogen-bond acceptors (Lipinski definition) is 8. The Morgan fingerprint density at radius 2 is 1.35 bits per heavy atom. The number of carbonyl (C=O) groups excluding carboxylic acids is 4. The van der Waals surface area contributed by atoms with Gasteiger partial charge in [-0.25, -0.2) is 4.79 Å². The molecule has 14 nitrogen and oxygen atoms in total. The highest BCUT2D eigenvalue weighted by Crippen LogP contribution is 2.08. The molecule has 14 heteroatoms. The highest BCUT2D eigenvalue weighted by atomic mass is 16.4. The van der Waals surface area contributed by atoms with Gasteiger partial charge < -0.3 is 43.4 Å². The molecule has 0 spiro atoms. The summed E-state index contributed by atoms with van der Waals surface area (Å²) in [4.78, 5) is 71.4. The average molecular weight is 489 g/mol. The predicted molar refractivity (Wildman–Crippen MR) is 120 cm³/mol. The molecule has 0 radical (unpaired) electrons. The van der Waals surface area contributed by atoms with Crippen molar-refractivity contribution in [3.8, 4) is 0 Å². The second-order valence-corrected chi connectivity index (χ2v) is 7.99. The number of rotatable bonds is 17. The van der Waals surface area contributed by atoms with Crippen LogP contribution in [-0.2, 0) is 28.8 Å². The van der Waals surface area contributed by atoms with Gasteiger partial charge in [0.05, 0.1) is 18.9 Å². The fourth-order valence-electron chi connectivity index (χ4n) is 2.87. The van der Waals surface area contributed by atoms with Gasteiger partial charge in [0.15, 0.2) is 0 Å². The zero-order valence-corrected chi connectivity index (χ0v) is 19.4. The van der Waals surface area contributed by atoms with Crippen molar-refractivity contribution in [2.24, 2.45) is 23.1 Å². The standard InChI is InChI=1S/C20H36N6O8/c1-3-10(2)16(23)19(32)24-11(6-4-5-7-21)17(30)25-12(9-15(28)29)18(31)26-13(20(33)34)8-14(22)27/h10-13,16H,3-9,21,23H2,1-2H3,(H2,22,27)(H,24,32)(H,25,30)(H,26,31)(H,28,29)(H,33,34). The molecule has 34 heavy (non-hydrogen) atoms. The van der Waals surface area contributed by atoms with Gasteiger partial charge in [0.25, 0.3) is 0 Å². The van der Waals surface area contributed by atoms with Crippen LogP contribution in [0.1, 0.15) is 52.4 Å². The van der Waals surface area contributed by atoms with Gasteiger partial charge in [-0.1, -0.05) is 20.3 Å². The summed E-state index contributed by atoms with van der Waals surface area (Å²) in [6.07, 6.45) is 0.140. The van der Waals surface area contributed by atoms with Crippen molar-refractivity contribution in [1.82, 2.24) is 16.0 Å². The fraction of sp³-hybridized carbons (Fsp3) is 0.700. The minimum Gasteiger partial charge on any atom is -0.481 e. The third-order valence-electron chi connectivity index (χ3n) is 5.17. The van der Waals surface area contributed by atoms with Crippen molar-refractivity contribution in [2.75, 3.05) is 6.54 Å². The summed E-state index contributed by atoms with van der Waals surface area (Å²) in [7, 11) is 0. The largest absolute Gasteiger partial charge is 0.481 e. The van der Waals surface area contributed by atoms with E-state index in [2.05, 4.69) is 10.6 Å². The average Bonchev–Trinajstić information content (AvgIpc) is 2.75. The minimum atomic E-state index is -1.72. The topological polar surface area (TPSA) is 257 Å². The Morgan fingerprint density at radius 3 is 1.82 bits per heavy atom. The van der Waals surface area contributed by atoms with Gasteiger partial charge in [-0.3, -0.25) is 24.0 Å². The molecule has 0 bridgehead atoms. The van der Waals surface area contributed by atoms with Crippen LogP contribution in [0.4, 0.5) is 0 Å². The maximum atomic E-state index is 12.9. The lowest BCUT2D eigenvalue weighted by molar-refractivity contribution is -0.144. The molecule has 0 aliphatic rings. The summed E-state index contributed by atoms with van der Waals surface area (Å²) < 4.78 is 0. The summed E-state index contributed by atoms with van der Waals surface area (Å²) in [5.74, 6) is -6.79. The normalized spacial score (nSPS) is 15.2. The Morgan fingerprint density at radius 1 is 0.824 bits per heavy atom. The van der Waals surface area contributed by atoms with E-state index in [4.69, 9.17) is 27.4 Å². The van der Waals surface area contributed by atoms with Crippen molar-refractivity contribution in [1.29, 1.82) is 0 Å². The highest BCUT2D eigenvalue weighted by Gasteiger charge is 2.32. The van der Waals surface area contributed by atoms with Crippen LogP contribution in [-0.4, -0.2) is 76.5 Å². The highest BCUT2D eigenvalue weighted by molar-refractivity contribution is 5.96. The molecule has 0 rings (SSSR count). The lowest BCUT2D eigenvalue weighted by atomic mass is 9.98. The van der Waals surface area contributed by atoms with E-state index in [1.807, 2.05) is 12.2 Å². The first-order valence-corrected chi connectivity index (χ1v) is 10.9. The fourth-order valence-corrected chi connectivity index (χ4v) is 2.87. The SMILES string of the molecule is CCC(C)C(N)C(=O)NC(CCCCN)C(=O)NC(CC(=O)O)C(=O)NC(CC(N)=O)C(=O)O. The first-order valence-electron chi connectivity index (χ1n) is 10.9. The van der Waals surface area contributed by atoms with Crippen LogP contribution >= 0.6 is 0 Å². The molecule has 194 valence electrons. The lowest BCUT2D eigenvalue weighted by Crippen LogP contribution is -2.58. The van der Waals surface area contributed by atoms with E-state index in [9.17, 15) is 28.8 Å². The van der Waals surface area contributed by atoms with Gasteiger partial charge in [-0.05, 0) is 31.7 Å². The summed E-state index contributed by atoms with van der Waals surface area (Å²) >= 11 is 0. The Balaban J connectivity index is 5.58. The zero-order chi connectivity index (χ0) is 26.4. The lowest BCUT2D eigenvalue weighted by Gasteiger charge is -2.25. The van der Waals surface area contributed by atoms with Crippen molar-refractivity contribution in [2.45, 2.75) is 76.5 Å². The van der Waals surface area contributed by atoms with E-state index >= 15 is 0 Å². The Bertz CT molecular complexity index is 747. The van der Waals surface area contributed by atoms with Crippen molar-refractivity contribution in [3.63, 3.8) is 0 Å². The van der Waals surface area contributed by atoms with Crippen LogP contribution in [0.15, 0.2) is 0 Å². The van der Waals surface area contributed by atoms with Gasteiger partial charge >= 0.3 is 11.9 Å². The van der Waals surface area contributed by atoms with E-state index in [0.717, 1.165) is 0 Å². The molecule has 0 saturated heterocycles. The van der Waals surface area contributed by atoms with Crippen molar-refractivity contribution in [3.05, 3.63) is 0 Å². The molecule has 0 aromatic heterocycles. The Kier molecular flexibility index (Phi) is 14.1. The number of carboxylic acids is 2. The van der Waals surface area contributed by atoms with E-state index in [1.54, 1.807) is 6.92 Å². The van der Waals surface area contributed by atoms with Crippen LogP contribution in [0.25, 0.3) is 0 Å². The van der Waals surface area contributed by atoms with Gasteiger partial charge in [-0.15, -0.1) is 0 Å². The number of nitrogens with two attached hydrogens (primary N) is 3. The second-order valence-electron chi connectivity index (χ2n) is 7.99. The number of nitrogens with one attached hydrogen (secondary N) is 3. The number of amides is 4. The first-order chi connectivity index (χ1) is 15.8. The van der Waals surface area contributed by atoms with Gasteiger partial charge in [0.2, 0.25) is 23.6 Å². The molecule has 0 fully saturated rings. The molecule has 5 unspecified atom stereocenters. The number of unbranched alkanes of at least 4 members (excludes halogenated alkanes) is 1. The second kappa shape index (κ2) is 15.6. The number of carboxylic acid groups (broad SMARTS) is 2. The molecule has 0 heterocycles. The van der Waals surface area contributed by atoms with Gasteiger partial charge in [0, 0.05) is 0 Å². The maximum absolute atomic E-state index is 12.9. The molecule has 0 aliphatic carbocycles. The maximum Gasteiger partial charge on any atom is 0.326 e.